The van der Waals surface area contributed by atoms with Gasteiger partial charge in [-0.25, -0.2) is 4.39 Å². The quantitative estimate of drug-likeness (QED) is 0.809. The van der Waals surface area contributed by atoms with E-state index in [9.17, 15) is 4.39 Å². The Morgan fingerprint density at radius 1 is 1.20 bits per heavy atom. The summed E-state index contributed by atoms with van der Waals surface area (Å²) in [5.74, 6) is -0.263. The minimum absolute atomic E-state index is 0.263. The van der Waals surface area contributed by atoms with Crippen molar-refractivity contribution in [1.29, 1.82) is 0 Å². The first-order chi connectivity index (χ1) is 7.31. The molecule has 2 aromatic rings. The van der Waals surface area contributed by atoms with E-state index in [1.165, 1.54) is 6.07 Å². The highest BCUT2D eigenvalue weighted by molar-refractivity contribution is 5.62. The Labute approximate surface area is 87.8 Å². The smallest absolute Gasteiger partial charge is 0.146 e. The molecule has 0 aliphatic carbocycles. The first-order valence-corrected chi connectivity index (χ1v) is 4.70. The molecule has 2 rings (SSSR count). The number of rotatable bonds is 2. The van der Waals surface area contributed by atoms with Crippen molar-refractivity contribution in [2.75, 3.05) is 12.4 Å². The summed E-state index contributed by atoms with van der Waals surface area (Å²) in [4.78, 5) is 4.16. The lowest BCUT2D eigenvalue weighted by Crippen LogP contribution is -1.92. The van der Waals surface area contributed by atoms with Crippen LogP contribution in [0.4, 0.5) is 10.1 Å². The molecule has 0 amide bonds. The molecule has 3 heteroatoms. The van der Waals surface area contributed by atoms with E-state index in [-0.39, 0.29) is 5.82 Å². The first-order valence-electron chi connectivity index (χ1n) is 4.70. The molecule has 1 aromatic carbocycles. The molecule has 0 bridgehead atoms. The fourth-order valence-electron chi connectivity index (χ4n) is 1.41. The predicted molar refractivity (Wildman–Crippen MR) is 59.2 cm³/mol. The largest absolute Gasteiger partial charge is 0.386 e. The van der Waals surface area contributed by atoms with Crippen LogP contribution in [0.15, 0.2) is 42.6 Å². The Bertz CT molecular complexity index is 454. The van der Waals surface area contributed by atoms with Gasteiger partial charge in [-0.05, 0) is 24.3 Å². The molecule has 1 aromatic heterocycles. The number of halogens is 1. The average molecular weight is 202 g/mol. The standard InChI is InChI=1S/C12H11FN2/c1-14-12-6-5-9(8-10(12)13)11-4-2-3-7-15-11/h2-8,14H,1H3. The molecule has 0 radical (unpaired) electrons. The van der Waals surface area contributed by atoms with Crippen molar-refractivity contribution in [2.45, 2.75) is 0 Å². The maximum absolute atomic E-state index is 13.4. The van der Waals surface area contributed by atoms with Crippen molar-refractivity contribution in [3.8, 4) is 11.3 Å². The van der Waals surface area contributed by atoms with E-state index in [0.717, 1.165) is 11.3 Å². The van der Waals surface area contributed by atoms with E-state index in [0.29, 0.717) is 5.69 Å². The van der Waals surface area contributed by atoms with E-state index in [1.807, 2.05) is 24.3 Å². The van der Waals surface area contributed by atoms with Crippen molar-refractivity contribution in [3.05, 3.63) is 48.4 Å². The van der Waals surface area contributed by atoms with Gasteiger partial charge in [0.25, 0.3) is 0 Å². The molecule has 0 spiro atoms. The summed E-state index contributed by atoms with van der Waals surface area (Å²) in [6, 6.07) is 10.6. The lowest BCUT2D eigenvalue weighted by atomic mass is 10.1. The van der Waals surface area contributed by atoms with Gasteiger partial charge in [0.05, 0.1) is 11.4 Å². The second-order valence-electron chi connectivity index (χ2n) is 3.16. The monoisotopic (exact) mass is 202 g/mol. The van der Waals surface area contributed by atoms with Gasteiger partial charge in [0.1, 0.15) is 5.82 Å². The van der Waals surface area contributed by atoms with Crippen molar-refractivity contribution in [3.63, 3.8) is 0 Å². The van der Waals surface area contributed by atoms with Crippen LogP contribution in [0.2, 0.25) is 0 Å². The van der Waals surface area contributed by atoms with Crippen LogP contribution in [-0.2, 0) is 0 Å². The third-order valence-electron chi connectivity index (χ3n) is 2.20. The average Bonchev–Trinajstić information content (AvgIpc) is 2.30. The number of pyridine rings is 1. The molecule has 0 saturated heterocycles. The molecule has 0 saturated carbocycles. The highest BCUT2D eigenvalue weighted by Gasteiger charge is 2.03. The molecule has 0 fully saturated rings. The normalized spacial score (nSPS) is 10.0. The zero-order valence-electron chi connectivity index (χ0n) is 8.37. The van der Waals surface area contributed by atoms with E-state index < -0.39 is 0 Å². The third-order valence-corrected chi connectivity index (χ3v) is 2.20. The van der Waals surface area contributed by atoms with Crippen LogP contribution in [0.1, 0.15) is 0 Å². The molecule has 15 heavy (non-hydrogen) atoms. The summed E-state index contributed by atoms with van der Waals surface area (Å²) in [6.07, 6.45) is 1.69. The second kappa shape index (κ2) is 4.09. The molecular weight excluding hydrogens is 191 g/mol. The second-order valence-corrected chi connectivity index (χ2v) is 3.16. The lowest BCUT2D eigenvalue weighted by molar-refractivity contribution is 0.632. The maximum atomic E-state index is 13.4. The molecular formula is C12H11FN2. The summed E-state index contributed by atoms with van der Waals surface area (Å²) >= 11 is 0. The molecule has 0 unspecified atom stereocenters. The zero-order valence-corrected chi connectivity index (χ0v) is 8.37. The summed E-state index contributed by atoms with van der Waals surface area (Å²) < 4.78 is 13.4. The Balaban J connectivity index is 2.43. The van der Waals surface area contributed by atoms with Gasteiger partial charge in [-0.1, -0.05) is 12.1 Å². The van der Waals surface area contributed by atoms with Gasteiger partial charge in [-0.3, -0.25) is 4.98 Å². The first kappa shape index (κ1) is 9.65. The number of nitrogens with zero attached hydrogens (tertiary/aromatic N) is 1. The summed E-state index contributed by atoms with van der Waals surface area (Å²) in [5, 5.41) is 2.78. The minimum Gasteiger partial charge on any atom is -0.386 e. The van der Waals surface area contributed by atoms with Crippen LogP contribution in [-0.4, -0.2) is 12.0 Å². The Morgan fingerprint density at radius 3 is 2.67 bits per heavy atom. The molecule has 76 valence electrons. The van der Waals surface area contributed by atoms with Crippen molar-refractivity contribution in [1.82, 2.24) is 4.98 Å². The highest BCUT2D eigenvalue weighted by atomic mass is 19.1. The minimum atomic E-state index is -0.263. The maximum Gasteiger partial charge on any atom is 0.146 e. The van der Waals surface area contributed by atoms with E-state index in [2.05, 4.69) is 10.3 Å². The number of hydrogen-bond acceptors (Lipinski definition) is 2. The van der Waals surface area contributed by atoms with Crippen LogP contribution in [0, 0.1) is 5.82 Å². The molecule has 0 aliphatic heterocycles. The van der Waals surface area contributed by atoms with Crippen LogP contribution in [0.25, 0.3) is 11.3 Å². The topological polar surface area (TPSA) is 24.9 Å². The van der Waals surface area contributed by atoms with E-state index >= 15 is 0 Å². The van der Waals surface area contributed by atoms with Crippen molar-refractivity contribution >= 4 is 5.69 Å². The van der Waals surface area contributed by atoms with Crippen molar-refractivity contribution in [2.24, 2.45) is 0 Å². The fourth-order valence-corrected chi connectivity index (χ4v) is 1.41. The van der Waals surface area contributed by atoms with Crippen LogP contribution < -0.4 is 5.32 Å². The number of nitrogens with one attached hydrogen (secondary N) is 1. The molecule has 1 heterocycles. The van der Waals surface area contributed by atoms with Gasteiger partial charge in [0, 0.05) is 18.8 Å². The summed E-state index contributed by atoms with van der Waals surface area (Å²) in [6.45, 7) is 0. The van der Waals surface area contributed by atoms with Crippen LogP contribution >= 0.6 is 0 Å². The zero-order chi connectivity index (χ0) is 10.7. The Morgan fingerprint density at radius 2 is 2.07 bits per heavy atom. The molecule has 2 nitrogen and oxygen atoms in total. The number of hydrogen-bond donors (Lipinski definition) is 1. The van der Waals surface area contributed by atoms with Crippen LogP contribution in [0.5, 0.6) is 0 Å². The molecule has 1 N–H and O–H groups in total. The van der Waals surface area contributed by atoms with Gasteiger partial charge in [0.2, 0.25) is 0 Å². The highest BCUT2D eigenvalue weighted by Crippen LogP contribution is 2.22. The van der Waals surface area contributed by atoms with Gasteiger partial charge in [-0.15, -0.1) is 0 Å². The summed E-state index contributed by atoms with van der Waals surface area (Å²) in [7, 11) is 1.69. The summed E-state index contributed by atoms with van der Waals surface area (Å²) in [5.41, 5.74) is 2.06. The third kappa shape index (κ3) is 1.96. The van der Waals surface area contributed by atoms with Crippen LogP contribution in [0.3, 0.4) is 0 Å². The predicted octanol–water partition coefficient (Wildman–Crippen LogP) is 2.93. The molecule has 0 atom stereocenters. The number of anilines is 1. The van der Waals surface area contributed by atoms with Gasteiger partial charge in [0.15, 0.2) is 0 Å². The number of aromatic nitrogens is 1. The SMILES string of the molecule is CNc1ccc(-c2ccccn2)cc1F. The van der Waals surface area contributed by atoms with Gasteiger partial charge >= 0.3 is 0 Å². The Hall–Kier alpha value is -1.90. The fraction of sp³-hybridized carbons (Fsp3) is 0.0833. The molecule has 0 aliphatic rings. The Kier molecular flexibility index (Phi) is 2.63. The van der Waals surface area contributed by atoms with E-state index in [1.54, 1.807) is 19.3 Å². The number of benzene rings is 1. The lowest BCUT2D eigenvalue weighted by Gasteiger charge is -2.04. The van der Waals surface area contributed by atoms with Crippen molar-refractivity contribution < 1.29 is 4.39 Å². The van der Waals surface area contributed by atoms with Gasteiger partial charge in [-0.2, -0.15) is 0 Å². The van der Waals surface area contributed by atoms with Gasteiger partial charge < -0.3 is 5.32 Å². The van der Waals surface area contributed by atoms with E-state index in [4.69, 9.17) is 0 Å².